The number of hydrogen-bond acceptors (Lipinski definition) is 6. The van der Waals surface area contributed by atoms with Gasteiger partial charge in [-0.2, -0.15) is 5.10 Å². The maximum Gasteiger partial charge on any atom is 0.239 e. The molecule has 0 saturated carbocycles. The summed E-state index contributed by atoms with van der Waals surface area (Å²) in [5, 5.41) is 22.0. The van der Waals surface area contributed by atoms with E-state index in [1.807, 2.05) is 25.1 Å². The van der Waals surface area contributed by atoms with Gasteiger partial charge in [0.25, 0.3) is 0 Å². The number of nitrogens with zero attached hydrogens (tertiary/aromatic N) is 4. The molecule has 4 N–H and O–H groups in total. The lowest BCUT2D eigenvalue weighted by molar-refractivity contribution is -0.153. The molecule has 2 aromatic heterocycles. The smallest absolute Gasteiger partial charge is 0.239 e. The molecule has 51 heavy (non-hydrogen) atoms. The Morgan fingerprint density at radius 2 is 1.65 bits per heavy atom. The number of nitrogens with one attached hydrogen (secondary N) is 3. The molecule has 1 spiro atoms. The van der Waals surface area contributed by atoms with Crippen molar-refractivity contribution in [2.24, 2.45) is 5.41 Å². The Morgan fingerprint density at radius 3 is 2.29 bits per heavy atom. The number of hydrogen-bond donors (Lipinski definition) is 4. The lowest BCUT2D eigenvalue weighted by atomic mass is 9.74. The van der Waals surface area contributed by atoms with Crippen LogP contribution >= 0.6 is 0 Å². The van der Waals surface area contributed by atoms with Gasteiger partial charge in [-0.15, -0.1) is 0 Å². The quantitative estimate of drug-likeness (QED) is 0.0780. The third-order valence-electron chi connectivity index (χ3n) is 11.7. The number of rotatable bonds is 18. The molecular weight excluding hydrogens is 641 g/mol. The van der Waals surface area contributed by atoms with Crippen LogP contribution in [0.25, 0.3) is 33.5 Å². The van der Waals surface area contributed by atoms with Gasteiger partial charge in [0.1, 0.15) is 5.69 Å². The van der Waals surface area contributed by atoms with Crippen molar-refractivity contribution in [3.05, 3.63) is 53.1 Å². The first-order valence-electron chi connectivity index (χ1n) is 19.7. The minimum absolute atomic E-state index is 0.119. The molecule has 4 aromatic rings. The molecule has 2 fully saturated rings. The Hall–Kier alpha value is -3.76. The Balaban J connectivity index is 0.967. The zero-order chi connectivity index (χ0) is 35.4. The maximum atomic E-state index is 14.3. The van der Waals surface area contributed by atoms with Gasteiger partial charge >= 0.3 is 0 Å². The average molecular weight is 698 g/mol. The predicted octanol–water partition coefficient (Wildman–Crippen LogP) is 8.23. The van der Waals surface area contributed by atoms with Crippen molar-refractivity contribution in [3.8, 4) is 28.4 Å². The summed E-state index contributed by atoms with van der Waals surface area (Å²) in [6, 6.07) is 8.72. The van der Waals surface area contributed by atoms with Gasteiger partial charge in [0.05, 0.1) is 22.9 Å². The molecule has 1 amide bonds. The van der Waals surface area contributed by atoms with Gasteiger partial charge in [-0.25, -0.2) is 9.37 Å². The fraction of sp³-hybridized carbons (Fsp3) is 0.585. The monoisotopic (exact) mass is 697 g/mol. The standard InChI is InChI=1S/C41H56FN7O2/c1-3-5-6-7-8-9-10-11-12-13-14-15-16-36(40(51)49-26-41(27-49)24-43-25-41)48-22-34-35(23-48)45-39(44-34)38-30-18-17-29(19-33(30)46-47-38)31-21-32(42)37(50)20-28(31)4-2/h17-21,36,43,50H,3-16,22-27H2,1-2H3,(H,44,45)(H,46,47). The molecule has 2 saturated heterocycles. The lowest BCUT2D eigenvalue weighted by Crippen LogP contribution is -2.73. The second-order valence-electron chi connectivity index (χ2n) is 15.6. The van der Waals surface area contributed by atoms with Crippen molar-refractivity contribution < 1.29 is 14.3 Å². The largest absolute Gasteiger partial charge is 0.505 e. The topological polar surface area (TPSA) is 113 Å². The van der Waals surface area contributed by atoms with E-state index in [4.69, 9.17) is 4.98 Å². The number of halogens is 1. The summed E-state index contributed by atoms with van der Waals surface area (Å²) in [5.41, 5.74) is 6.43. The molecule has 1 atom stereocenters. The number of aromatic amines is 2. The van der Waals surface area contributed by atoms with Crippen LogP contribution in [0.4, 0.5) is 4.39 Å². The van der Waals surface area contributed by atoms with Gasteiger partial charge in [-0.3, -0.25) is 14.8 Å². The number of amides is 1. The van der Waals surface area contributed by atoms with Gasteiger partial charge in [0.15, 0.2) is 17.4 Å². The zero-order valence-electron chi connectivity index (χ0n) is 30.6. The highest BCUT2D eigenvalue weighted by atomic mass is 19.1. The van der Waals surface area contributed by atoms with Gasteiger partial charge < -0.3 is 20.3 Å². The Kier molecular flexibility index (Phi) is 11.1. The number of aryl methyl sites for hydroxylation is 1. The number of aromatic nitrogens is 4. The summed E-state index contributed by atoms with van der Waals surface area (Å²) in [6.07, 6.45) is 17.3. The van der Waals surface area contributed by atoms with Crippen LogP contribution in [-0.4, -0.2) is 73.2 Å². The SMILES string of the molecule is CCCCCCCCCCCCCCC(C(=O)N1CC2(CNC2)C1)N1Cc2nc(-c3n[nH]c4cc(-c5cc(F)c(O)cc5CC)ccc34)[nH]c2C1. The van der Waals surface area contributed by atoms with Crippen LogP contribution in [0.15, 0.2) is 30.3 Å². The molecule has 7 rings (SSSR count). The highest BCUT2D eigenvalue weighted by Crippen LogP contribution is 2.37. The summed E-state index contributed by atoms with van der Waals surface area (Å²) in [7, 11) is 0. The number of carbonyl (C=O) groups excluding carboxylic acids is 1. The van der Waals surface area contributed by atoms with Crippen molar-refractivity contribution in [2.45, 2.75) is 123 Å². The first-order valence-corrected chi connectivity index (χ1v) is 19.7. The molecule has 0 bridgehead atoms. The van der Waals surface area contributed by atoms with E-state index in [0.29, 0.717) is 24.9 Å². The fourth-order valence-electron chi connectivity index (χ4n) is 8.50. The highest BCUT2D eigenvalue weighted by molar-refractivity contribution is 5.94. The number of aromatic hydroxyl groups is 1. The summed E-state index contributed by atoms with van der Waals surface area (Å²) < 4.78 is 14.3. The average Bonchev–Trinajstić information content (AvgIpc) is 3.80. The van der Waals surface area contributed by atoms with Crippen LogP contribution in [0.3, 0.4) is 0 Å². The molecule has 5 heterocycles. The van der Waals surface area contributed by atoms with E-state index in [2.05, 4.69) is 37.2 Å². The maximum absolute atomic E-state index is 14.3. The molecular formula is C41H56FN7O2. The summed E-state index contributed by atoms with van der Waals surface area (Å²) in [5.74, 6) is 0.0451. The molecule has 0 radical (unpaired) electrons. The second-order valence-corrected chi connectivity index (χ2v) is 15.6. The van der Waals surface area contributed by atoms with Crippen molar-refractivity contribution in [1.82, 2.24) is 35.3 Å². The molecule has 9 nitrogen and oxygen atoms in total. The van der Waals surface area contributed by atoms with Gasteiger partial charge in [0, 0.05) is 50.1 Å². The van der Waals surface area contributed by atoms with E-state index in [0.717, 1.165) is 89.5 Å². The molecule has 10 heteroatoms. The number of phenolic OH excluding ortho intramolecular Hbond substituents is 1. The molecule has 3 aliphatic rings. The fourth-order valence-corrected chi connectivity index (χ4v) is 8.50. The van der Waals surface area contributed by atoms with Crippen LogP contribution < -0.4 is 5.32 Å². The minimum Gasteiger partial charge on any atom is -0.505 e. The van der Waals surface area contributed by atoms with Crippen molar-refractivity contribution in [3.63, 3.8) is 0 Å². The molecule has 2 aromatic carbocycles. The summed E-state index contributed by atoms with van der Waals surface area (Å²) in [4.78, 5) is 26.9. The van der Waals surface area contributed by atoms with Crippen molar-refractivity contribution in [1.29, 1.82) is 0 Å². The van der Waals surface area contributed by atoms with Crippen LogP contribution in [0, 0.1) is 11.2 Å². The van der Waals surface area contributed by atoms with Gasteiger partial charge in [0.2, 0.25) is 5.91 Å². The number of carbonyl (C=O) groups is 1. The van der Waals surface area contributed by atoms with E-state index in [1.54, 1.807) is 0 Å². The number of unbranched alkanes of at least 4 members (excludes halogenated alkanes) is 11. The van der Waals surface area contributed by atoms with Gasteiger partial charge in [-0.1, -0.05) is 97.0 Å². The second kappa shape index (κ2) is 15.9. The minimum atomic E-state index is -0.630. The number of imidazole rings is 1. The van der Waals surface area contributed by atoms with Crippen LogP contribution in [0.5, 0.6) is 5.75 Å². The van der Waals surface area contributed by atoms with Crippen LogP contribution in [0.1, 0.15) is 114 Å². The highest BCUT2D eigenvalue weighted by Gasteiger charge is 2.51. The number of H-pyrrole nitrogens is 2. The first-order chi connectivity index (χ1) is 24.9. The normalized spacial score (nSPS) is 17.2. The van der Waals surface area contributed by atoms with Gasteiger partial charge in [-0.05, 0) is 53.8 Å². The summed E-state index contributed by atoms with van der Waals surface area (Å²) >= 11 is 0. The molecule has 0 aliphatic carbocycles. The van der Waals surface area contributed by atoms with E-state index >= 15 is 0 Å². The Morgan fingerprint density at radius 1 is 0.941 bits per heavy atom. The summed E-state index contributed by atoms with van der Waals surface area (Å²) in [6.45, 7) is 9.41. The van der Waals surface area contributed by atoms with Crippen LogP contribution in [-0.2, 0) is 24.3 Å². The zero-order valence-corrected chi connectivity index (χ0v) is 30.6. The van der Waals surface area contributed by atoms with E-state index in [1.165, 1.54) is 82.8 Å². The number of phenols is 1. The van der Waals surface area contributed by atoms with E-state index in [-0.39, 0.29) is 17.7 Å². The van der Waals surface area contributed by atoms with Crippen LogP contribution in [0.2, 0.25) is 0 Å². The lowest BCUT2D eigenvalue weighted by Gasteiger charge is -2.56. The number of benzene rings is 2. The molecule has 3 aliphatic heterocycles. The number of likely N-dealkylation sites (tertiary alicyclic amines) is 1. The predicted molar refractivity (Wildman–Crippen MR) is 201 cm³/mol. The Bertz CT molecular complexity index is 1780. The molecule has 1 unspecified atom stereocenters. The van der Waals surface area contributed by atoms with E-state index in [9.17, 15) is 14.3 Å². The molecule has 274 valence electrons. The van der Waals surface area contributed by atoms with Crippen molar-refractivity contribution >= 4 is 16.8 Å². The third-order valence-corrected chi connectivity index (χ3v) is 11.7. The number of fused-ring (bicyclic) bond motifs is 2. The van der Waals surface area contributed by atoms with Crippen molar-refractivity contribution in [2.75, 3.05) is 26.2 Å². The van der Waals surface area contributed by atoms with E-state index < -0.39 is 5.82 Å². The first kappa shape index (κ1) is 35.6. The third kappa shape index (κ3) is 7.72. The Labute approximate surface area is 301 Å².